The van der Waals surface area contributed by atoms with Gasteiger partial charge in [0.25, 0.3) is 0 Å². The molecule has 1 atom stereocenters. The summed E-state index contributed by atoms with van der Waals surface area (Å²) in [6.07, 6.45) is 0. The molecule has 0 aliphatic carbocycles. The van der Waals surface area contributed by atoms with Gasteiger partial charge in [0.15, 0.2) is 0 Å². The van der Waals surface area contributed by atoms with Crippen LogP contribution in [-0.4, -0.2) is 12.5 Å². The summed E-state index contributed by atoms with van der Waals surface area (Å²) < 4.78 is 0. The van der Waals surface area contributed by atoms with E-state index >= 15 is 0 Å². The summed E-state index contributed by atoms with van der Waals surface area (Å²) in [5.74, 6) is -0.0503. The maximum absolute atomic E-state index is 12.0. The van der Waals surface area contributed by atoms with Crippen LogP contribution in [0, 0.1) is 6.92 Å². The highest BCUT2D eigenvalue weighted by Crippen LogP contribution is 2.22. The lowest BCUT2D eigenvalue weighted by atomic mass is 10.1. The van der Waals surface area contributed by atoms with Crippen LogP contribution in [0.5, 0.6) is 0 Å². The molecule has 0 bridgehead atoms. The quantitative estimate of drug-likeness (QED) is 0.878. The number of amides is 1. The number of carbonyl (C=O) groups excluding carboxylic acids is 1. The molecule has 1 amide bonds. The number of halogens is 1. The highest BCUT2D eigenvalue weighted by atomic mass is 35.5. The predicted octanol–water partition coefficient (Wildman–Crippen LogP) is 3.94. The lowest BCUT2D eigenvalue weighted by Crippen LogP contribution is -2.32. The van der Waals surface area contributed by atoms with Crippen molar-refractivity contribution in [1.82, 2.24) is 5.32 Å². The van der Waals surface area contributed by atoms with E-state index in [1.165, 1.54) is 0 Å². The van der Waals surface area contributed by atoms with Crippen LogP contribution in [0.4, 0.5) is 5.69 Å². The summed E-state index contributed by atoms with van der Waals surface area (Å²) >= 11 is 6.05. The second kappa shape index (κ2) is 7.14. The van der Waals surface area contributed by atoms with E-state index in [9.17, 15) is 4.79 Å². The topological polar surface area (TPSA) is 41.1 Å². The molecule has 21 heavy (non-hydrogen) atoms. The SMILES string of the molecule is Cc1c(Cl)cccc1NCC(=O)NC(C)c1ccccc1. The average molecular weight is 303 g/mol. The lowest BCUT2D eigenvalue weighted by Gasteiger charge is -2.15. The highest BCUT2D eigenvalue weighted by Gasteiger charge is 2.09. The number of hydrogen-bond donors (Lipinski definition) is 2. The molecule has 0 saturated carbocycles. The van der Waals surface area contributed by atoms with Crippen LogP contribution >= 0.6 is 11.6 Å². The Labute approximate surface area is 130 Å². The molecule has 2 rings (SSSR count). The molecule has 0 aliphatic heterocycles. The Morgan fingerprint density at radius 1 is 1.14 bits per heavy atom. The van der Waals surface area contributed by atoms with Crippen molar-refractivity contribution in [2.24, 2.45) is 0 Å². The summed E-state index contributed by atoms with van der Waals surface area (Å²) in [7, 11) is 0. The zero-order chi connectivity index (χ0) is 15.2. The standard InChI is InChI=1S/C17H19ClN2O/c1-12-15(18)9-6-10-16(12)19-11-17(21)20-13(2)14-7-4-3-5-8-14/h3-10,13,19H,11H2,1-2H3,(H,20,21). The Bertz CT molecular complexity index is 613. The molecule has 1 unspecified atom stereocenters. The first-order valence-corrected chi connectivity index (χ1v) is 7.29. The Balaban J connectivity index is 1.89. The van der Waals surface area contributed by atoms with E-state index in [-0.39, 0.29) is 18.5 Å². The first-order chi connectivity index (χ1) is 10.1. The van der Waals surface area contributed by atoms with Crippen LogP contribution in [0.2, 0.25) is 5.02 Å². The maximum Gasteiger partial charge on any atom is 0.239 e. The van der Waals surface area contributed by atoms with Crippen molar-refractivity contribution >= 4 is 23.2 Å². The fourth-order valence-electron chi connectivity index (χ4n) is 2.09. The number of nitrogens with one attached hydrogen (secondary N) is 2. The zero-order valence-electron chi connectivity index (χ0n) is 12.2. The van der Waals surface area contributed by atoms with E-state index in [1.54, 1.807) is 0 Å². The molecule has 0 aromatic heterocycles. The van der Waals surface area contributed by atoms with Crippen LogP contribution in [0.15, 0.2) is 48.5 Å². The smallest absolute Gasteiger partial charge is 0.239 e. The van der Waals surface area contributed by atoms with Crippen LogP contribution in [-0.2, 0) is 4.79 Å². The van der Waals surface area contributed by atoms with E-state index in [2.05, 4.69) is 10.6 Å². The van der Waals surface area contributed by atoms with Gasteiger partial charge >= 0.3 is 0 Å². The molecule has 2 aromatic carbocycles. The molecule has 0 radical (unpaired) electrons. The number of anilines is 1. The molecule has 0 aliphatic rings. The van der Waals surface area contributed by atoms with Gasteiger partial charge in [-0.05, 0) is 37.1 Å². The molecule has 2 aromatic rings. The van der Waals surface area contributed by atoms with Gasteiger partial charge < -0.3 is 10.6 Å². The minimum atomic E-state index is -0.0503. The second-order valence-electron chi connectivity index (χ2n) is 4.97. The summed E-state index contributed by atoms with van der Waals surface area (Å²) in [5, 5.41) is 6.77. The maximum atomic E-state index is 12.0. The Morgan fingerprint density at radius 2 is 1.86 bits per heavy atom. The van der Waals surface area contributed by atoms with Gasteiger partial charge in [0.2, 0.25) is 5.91 Å². The van der Waals surface area contributed by atoms with Crippen LogP contribution < -0.4 is 10.6 Å². The molecule has 2 N–H and O–H groups in total. The molecular formula is C17H19ClN2O. The van der Waals surface area contributed by atoms with Crippen molar-refractivity contribution in [3.63, 3.8) is 0 Å². The summed E-state index contributed by atoms with van der Waals surface area (Å²) in [4.78, 5) is 12.0. The lowest BCUT2D eigenvalue weighted by molar-refractivity contribution is -0.120. The third kappa shape index (κ3) is 4.23. The van der Waals surface area contributed by atoms with Crippen molar-refractivity contribution in [2.45, 2.75) is 19.9 Å². The number of hydrogen-bond acceptors (Lipinski definition) is 2. The first kappa shape index (κ1) is 15.4. The van der Waals surface area contributed by atoms with E-state index in [4.69, 9.17) is 11.6 Å². The number of rotatable bonds is 5. The summed E-state index contributed by atoms with van der Waals surface area (Å²) in [6, 6.07) is 15.5. The third-order valence-electron chi connectivity index (χ3n) is 3.38. The molecule has 0 spiro atoms. The molecule has 4 heteroatoms. The van der Waals surface area contributed by atoms with Crippen molar-refractivity contribution in [2.75, 3.05) is 11.9 Å². The van der Waals surface area contributed by atoms with Crippen molar-refractivity contribution in [3.05, 3.63) is 64.7 Å². The Morgan fingerprint density at radius 3 is 2.57 bits per heavy atom. The van der Waals surface area contributed by atoms with E-state index < -0.39 is 0 Å². The number of benzene rings is 2. The van der Waals surface area contributed by atoms with E-state index in [1.807, 2.05) is 62.4 Å². The Kier molecular flexibility index (Phi) is 5.23. The van der Waals surface area contributed by atoms with Crippen LogP contribution in [0.25, 0.3) is 0 Å². The van der Waals surface area contributed by atoms with Gasteiger partial charge in [0.1, 0.15) is 0 Å². The summed E-state index contributed by atoms with van der Waals surface area (Å²) in [6.45, 7) is 4.12. The van der Waals surface area contributed by atoms with E-state index in [0.29, 0.717) is 5.02 Å². The van der Waals surface area contributed by atoms with Gasteiger partial charge in [0.05, 0.1) is 12.6 Å². The van der Waals surface area contributed by atoms with Gasteiger partial charge in [-0.25, -0.2) is 0 Å². The van der Waals surface area contributed by atoms with Gasteiger partial charge in [-0.3, -0.25) is 4.79 Å². The van der Waals surface area contributed by atoms with Gasteiger partial charge in [-0.1, -0.05) is 48.0 Å². The van der Waals surface area contributed by atoms with Gasteiger partial charge in [-0.2, -0.15) is 0 Å². The molecule has 3 nitrogen and oxygen atoms in total. The zero-order valence-corrected chi connectivity index (χ0v) is 12.9. The van der Waals surface area contributed by atoms with Crippen molar-refractivity contribution in [1.29, 1.82) is 0 Å². The predicted molar refractivity (Wildman–Crippen MR) is 87.7 cm³/mol. The fraction of sp³-hybridized carbons (Fsp3) is 0.235. The second-order valence-corrected chi connectivity index (χ2v) is 5.37. The molecule has 0 heterocycles. The highest BCUT2D eigenvalue weighted by molar-refractivity contribution is 6.31. The van der Waals surface area contributed by atoms with Crippen molar-refractivity contribution in [3.8, 4) is 0 Å². The first-order valence-electron chi connectivity index (χ1n) is 6.91. The summed E-state index contributed by atoms with van der Waals surface area (Å²) in [5.41, 5.74) is 2.91. The van der Waals surface area contributed by atoms with E-state index in [0.717, 1.165) is 16.8 Å². The molecular weight excluding hydrogens is 284 g/mol. The van der Waals surface area contributed by atoms with Crippen LogP contribution in [0.3, 0.4) is 0 Å². The largest absolute Gasteiger partial charge is 0.376 e. The average Bonchev–Trinajstić information content (AvgIpc) is 2.49. The third-order valence-corrected chi connectivity index (χ3v) is 3.79. The van der Waals surface area contributed by atoms with Gasteiger partial charge in [-0.15, -0.1) is 0 Å². The minimum absolute atomic E-state index is 0.0130. The fourth-order valence-corrected chi connectivity index (χ4v) is 2.27. The van der Waals surface area contributed by atoms with Gasteiger partial charge in [0, 0.05) is 10.7 Å². The number of carbonyl (C=O) groups is 1. The normalized spacial score (nSPS) is 11.8. The molecule has 0 fully saturated rings. The monoisotopic (exact) mass is 302 g/mol. The molecule has 110 valence electrons. The molecule has 0 saturated heterocycles. The van der Waals surface area contributed by atoms with Crippen molar-refractivity contribution < 1.29 is 4.79 Å². The van der Waals surface area contributed by atoms with Crippen LogP contribution in [0.1, 0.15) is 24.1 Å². The Hall–Kier alpha value is -2.00. The minimum Gasteiger partial charge on any atom is -0.376 e.